The van der Waals surface area contributed by atoms with Crippen molar-refractivity contribution >= 4 is 22.3 Å². The minimum atomic E-state index is 0.188. The molecule has 0 N–H and O–H groups in total. The summed E-state index contributed by atoms with van der Waals surface area (Å²) in [5, 5.41) is 0. The molecule has 0 unspecified atom stereocenters. The molecule has 1 aliphatic heterocycles. The Morgan fingerprint density at radius 1 is 1.04 bits per heavy atom. The largest absolute Gasteiger partial charge is 0.497 e. The van der Waals surface area contributed by atoms with Crippen molar-refractivity contribution in [2.24, 2.45) is 0 Å². The third kappa shape index (κ3) is 2.92. The first-order valence-electron chi connectivity index (χ1n) is 9.21. The highest BCUT2D eigenvalue weighted by Gasteiger charge is 2.22. The summed E-state index contributed by atoms with van der Waals surface area (Å²) in [6.45, 7) is 1.55. The van der Waals surface area contributed by atoms with Gasteiger partial charge in [-0.05, 0) is 49.2 Å². The molecule has 2 aromatic heterocycles. The van der Waals surface area contributed by atoms with Crippen LogP contribution in [0.4, 0.5) is 0 Å². The van der Waals surface area contributed by atoms with Crippen LogP contribution in [0.5, 0.6) is 5.75 Å². The Hall–Kier alpha value is -2.99. The Balaban J connectivity index is 1.69. The molecule has 1 aliphatic rings. The fraction of sp³-hybridized carbons (Fsp3) is 0.286. The maximum Gasteiger partial charge on any atom is 0.198 e. The molecule has 4 aromatic rings. The third-order valence-electron chi connectivity index (χ3n) is 5.02. The molecule has 1 saturated heterocycles. The first kappa shape index (κ1) is 16.2. The van der Waals surface area contributed by atoms with Gasteiger partial charge in [0.15, 0.2) is 11.3 Å². The molecule has 27 heavy (non-hydrogen) atoms. The molecule has 0 amide bonds. The van der Waals surface area contributed by atoms with E-state index >= 15 is 0 Å². The quantitative estimate of drug-likeness (QED) is 0.553. The molecular weight excluding hydrogens is 340 g/mol. The van der Waals surface area contributed by atoms with E-state index in [0.717, 1.165) is 59.8 Å². The molecule has 6 heteroatoms. The van der Waals surface area contributed by atoms with Gasteiger partial charge in [0.05, 0.1) is 30.8 Å². The minimum Gasteiger partial charge on any atom is -0.497 e. The van der Waals surface area contributed by atoms with E-state index in [2.05, 4.69) is 4.57 Å². The normalized spacial score (nSPS) is 17.0. The van der Waals surface area contributed by atoms with E-state index in [1.807, 2.05) is 48.5 Å². The Labute approximate surface area is 156 Å². The van der Waals surface area contributed by atoms with E-state index in [-0.39, 0.29) is 6.10 Å². The van der Waals surface area contributed by atoms with Gasteiger partial charge < -0.3 is 14.0 Å². The number of para-hydroxylation sites is 2. The summed E-state index contributed by atoms with van der Waals surface area (Å²) in [6, 6.07) is 15.8. The van der Waals surface area contributed by atoms with Gasteiger partial charge in [0.2, 0.25) is 0 Å². The van der Waals surface area contributed by atoms with E-state index in [1.165, 1.54) is 0 Å². The van der Waals surface area contributed by atoms with Crippen molar-refractivity contribution in [3.8, 4) is 17.1 Å². The SMILES string of the molecule is COc1ccc(-c2nc3nc4ccccc4nc3n2C[C@H]2CCCO2)cc1. The van der Waals surface area contributed by atoms with E-state index in [4.69, 9.17) is 24.4 Å². The number of fused-ring (bicyclic) bond motifs is 2. The zero-order valence-corrected chi connectivity index (χ0v) is 15.1. The summed E-state index contributed by atoms with van der Waals surface area (Å²) in [5.74, 6) is 1.68. The van der Waals surface area contributed by atoms with Crippen molar-refractivity contribution in [1.29, 1.82) is 0 Å². The topological polar surface area (TPSA) is 62.1 Å². The number of ether oxygens (including phenoxy) is 2. The van der Waals surface area contributed by atoms with Crippen LogP contribution in [0.1, 0.15) is 12.8 Å². The first-order chi connectivity index (χ1) is 13.3. The lowest BCUT2D eigenvalue weighted by Crippen LogP contribution is -2.16. The first-order valence-corrected chi connectivity index (χ1v) is 9.21. The molecule has 1 fully saturated rings. The molecule has 0 spiro atoms. The summed E-state index contributed by atoms with van der Waals surface area (Å²) in [5.41, 5.74) is 4.21. The van der Waals surface area contributed by atoms with Crippen LogP contribution in [0.15, 0.2) is 48.5 Å². The van der Waals surface area contributed by atoms with Crippen LogP contribution in [-0.4, -0.2) is 39.3 Å². The lowest BCUT2D eigenvalue weighted by Gasteiger charge is -2.14. The number of aromatic nitrogens is 4. The van der Waals surface area contributed by atoms with Gasteiger partial charge in [0.25, 0.3) is 0 Å². The second kappa shape index (κ2) is 6.63. The van der Waals surface area contributed by atoms with Crippen LogP contribution in [-0.2, 0) is 11.3 Å². The van der Waals surface area contributed by atoms with Gasteiger partial charge in [0, 0.05) is 12.2 Å². The van der Waals surface area contributed by atoms with Crippen LogP contribution >= 0.6 is 0 Å². The molecule has 0 aliphatic carbocycles. The lowest BCUT2D eigenvalue weighted by atomic mass is 10.2. The maximum atomic E-state index is 5.87. The van der Waals surface area contributed by atoms with E-state index < -0.39 is 0 Å². The fourth-order valence-corrected chi connectivity index (χ4v) is 3.62. The standard InChI is InChI=1S/C21H20N4O2/c1-26-15-10-8-14(9-11-15)20-24-19-21(25(20)13-16-5-4-12-27-16)23-18-7-3-2-6-17(18)22-19/h2-3,6-11,16H,4-5,12-13H2,1H3/t16-/m1/s1. The number of nitrogens with zero attached hydrogens (tertiary/aromatic N) is 4. The molecule has 0 saturated carbocycles. The predicted octanol–water partition coefficient (Wildman–Crippen LogP) is 3.83. The molecule has 0 bridgehead atoms. The Morgan fingerprint density at radius 2 is 1.81 bits per heavy atom. The molecule has 3 heterocycles. The molecule has 5 rings (SSSR count). The van der Waals surface area contributed by atoms with Crippen molar-refractivity contribution in [2.45, 2.75) is 25.5 Å². The third-order valence-corrected chi connectivity index (χ3v) is 5.02. The molecule has 2 aromatic carbocycles. The Morgan fingerprint density at radius 3 is 2.52 bits per heavy atom. The van der Waals surface area contributed by atoms with Crippen LogP contribution < -0.4 is 4.74 Å². The number of methoxy groups -OCH3 is 1. The fourth-order valence-electron chi connectivity index (χ4n) is 3.62. The van der Waals surface area contributed by atoms with Crippen LogP contribution in [0, 0.1) is 0 Å². The summed E-state index contributed by atoms with van der Waals surface area (Å²) in [7, 11) is 1.67. The second-order valence-electron chi connectivity index (χ2n) is 6.77. The van der Waals surface area contributed by atoms with Crippen LogP contribution in [0.3, 0.4) is 0 Å². The number of imidazole rings is 1. The van der Waals surface area contributed by atoms with Gasteiger partial charge >= 0.3 is 0 Å². The second-order valence-corrected chi connectivity index (χ2v) is 6.77. The summed E-state index contributed by atoms with van der Waals surface area (Å²) < 4.78 is 13.3. The lowest BCUT2D eigenvalue weighted by molar-refractivity contribution is 0.0981. The molecule has 0 radical (unpaired) electrons. The van der Waals surface area contributed by atoms with E-state index in [9.17, 15) is 0 Å². The minimum absolute atomic E-state index is 0.188. The highest BCUT2D eigenvalue weighted by molar-refractivity contribution is 5.84. The molecule has 1 atom stereocenters. The predicted molar refractivity (Wildman–Crippen MR) is 104 cm³/mol. The Kier molecular flexibility index (Phi) is 3.98. The maximum absolute atomic E-state index is 5.87. The zero-order valence-electron chi connectivity index (χ0n) is 15.1. The van der Waals surface area contributed by atoms with Gasteiger partial charge in [-0.15, -0.1) is 0 Å². The van der Waals surface area contributed by atoms with Crippen molar-refractivity contribution in [1.82, 2.24) is 19.5 Å². The van der Waals surface area contributed by atoms with Gasteiger partial charge in [-0.2, -0.15) is 0 Å². The number of benzene rings is 2. The monoisotopic (exact) mass is 360 g/mol. The summed E-state index contributed by atoms with van der Waals surface area (Å²) in [4.78, 5) is 14.4. The molecule has 6 nitrogen and oxygen atoms in total. The van der Waals surface area contributed by atoms with Crippen molar-refractivity contribution in [2.75, 3.05) is 13.7 Å². The van der Waals surface area contributed by atoms with Gasteiger partial charge in [-0.25, -0.2) is 15.0 Å². The van der Waals surface area contributed by atoms with E-state index in [0.29, 0.717) is 5.65 Å². The van der Waals surface area contributed by atoms with Crippen molar-refractivity contribution < 1.29 is 9.47 Å². The Bertz CT molecular complexity index is 1100. The average molecular weight is 360 g/mol. The number of rotatable bonds is 4. The van der Waals surface area contributed by atoms with E-state index in [1.54, 1.807) is 7.11 Å². The van der Waals surface area contributed by atoms with Gasteiger partial charge in [-0.3, -0.25) is 0 Å². The van der Waals surface area contributed by atoms with Crippen LogP contribution in [0.25, 0.3) is 33.7 Å². The highest BCUT2D eigenvalue weighted by atomic mass is 16.5. The molecule has 136 valence electrons. The van der Waals surface area contributed by atoms with Crippen molar-refractivity contribution in [3.05, 3.63) is 48.5 Å². The number of hydrogen-bond acceptors (Lipinski definition) is 5. The molecular formula is C21H20N4O2. The zero-order chi connectivity index (χ0) is 18.2. The average Bonchev–Trinajstić information content (AvgIpc) is 3.35. The van der Waals surface area contributed by atoms with Crippen molar-refractivity contribution in [3.63, 3.8) is 0 Å². The number of hydrogen-bond donors (Lipinski definition) is 0. The van der Waals surface area contributed by atoms with Gasteiger partial charge in [-0.1, -0.05) is 12.1 Å². The smallest absolute Gasteiger partial charge is 0.198 e. The summed E-state index contributed by atoms with van der Waals surface area (Å²) in [6.07, 6.45) is 2.35. The highest BCUT2D eigenvalue weighted by Crippen LogP contribution is 2.28. The van der Waals surface area contributed by atoms with Crippen LogP contribution in [0.2, 0.25) is 0 Å². The van der Waals surface area contributed by atoms with Gasteiger partial charge in [0.1, 0.15) is 11.6 Å². The summed E-state index contributed by atoms with van der Waals surface area (Å²) >= 11 is 0.